The second-order valence-electron chi connectivity index (χ2n) is 8.24. The predicted molar refractivity (Wildman–Crippen MR) is 120 cm³/mol. The van der Waals surface area contributed by atoms with E-state index in [-0.39, 0.29) is 18.0 Å². The Morgan fingerprint density at radius 2 is 1.52 bits per heavy atom. The molecule has 1 amide bonds. The Morgan fingerprint density at radius 3 is 2.06 bits per heavy atom. The van der Waals surface area contributed by atoms with E-state index in [1.807, 2.05) is 26.8 Å². The molecule has 2 aromatic carbocycles. The number of carbonyl (C=O) groups is 1. The van der Waals surface area contributed by atoms with Gasteiger partial charge >= 0.3 is 0 Å². The van der Waals surface area contributed by atoms with Crippen molar-refractivity contribution < 1.29 is 19.0 Å². The lowest BCUT2D eigenvalue weighted by molar-refractivity contribution is 0.0557. The van der Waals surface area contributed by atoms with E-state index in [9.17, 15) is 9.59 Å². The summed E-state index contributed by atoms with van der Waals surface area (Å²) in [5.41, 5.74) is 0.843. The van der Waals surface area contributed by atoms with Crippen LogP contribution >= 0.6 is 0 Å². The van der Waals surface area contributed by atoms with Gasteiger partial charge in [0.05, 0.1) is 27.9 Å². The number of hydrogen-bond acceptors (Lipinski definition) is 5. The summed E-state index contributed by atoms with van der Waals surface area (Å²) in [6.45, 7) is 5.94. The second-order valence-corrected chi connectivity index (χ2v) is 8.24. The van der Waals surface area contributed by atoms with Crippen molar-refractivity contribution in [3.05, 3.63) is 63.9 Å². The summed E-state index contributed by atoms with van der Waals surface area (Å²) < 4.78 is 15.9. The summed E-state index contributed by atoms with van der Waals surface area (Å²) in [4.78, 5) is 30.8. The van der Waals surface area contributed by atoms with Crippen LogP contribution in [0.2, 0.25) is 0 Å². The average Bonchev–Trinajstić information content (AvgIpc) is 2.75. The SMILES string of the molecule is COc1cc(OC)cc(C(=O)N(Cc2cc3cc(OC)ccc3[nH]c2=O)C(C)(C)C)c1. The van der Waals surface area contributed by atoms with Crippen LogP contribution in [-0.2, 0) is 6.54 Å². The number of nitrogens with zero attached hydrogens (tertiary/aromatic N) is 1. The summed E-state index contributed by atoms with van der Waals surface area (Å²) in [5, 5.41) is 0.832. The van der Waals surface area contributed by atoms with Gasteiger partial charge in [-0.25, -0.2) is 0 Å². The molecule has 0 spiro atoms. The van der Waals surface area contributed by atoms with Crippen molar-refractivity contribution in [3.8, 4) is 17.2 Å². The number of ether oxygens (including phenoxy) is 3. The van der Waals surface area contributed by atoms with Crippen molar-refractivity contribution in [2.45, 2.75) is 32.9 Å². The topological polar surface area (TPSA) is 80.9 Å². The van der Waals surface area contributed by atoms with Crippen LogP contribution in [0.1, 0.15) is 36.7 Å². The summed E-state index contributed by atoms with van der Waals surface area (Å²) in [6, 6.07) is 12.3. The summed E-state index contributed by atoms with van der Waals surface area (Å²) in [6.07, 6.45) is 0. The molecular formula is C24H28N2O5. The molecule has 164 valence electrons. The molecule has 0 aliphatic carbocycles. The maximum atomic E-state index is 13.5. The van der Waals surface area contributed by atoms with Crippen molar-refractivity contribution in [2.75, 3.05) is 21.3 Å². The van der Waals surface area contributed by atoms with Gasteiger partial charge in [-0.1, -0.05) is 0 Å². The zero-order valence-electron chi connectivity index (χ0n) is 18.7. The maximum Gasteiger partial charge on any atom is 0.254 e. The molecule has 7 heteroatoms. The molecule has 1 N–H and O–H groups in total. The van der Waals surface area contributed by atoms with E-state index in [4.69, 9.17) is 14.2 Å². The molecule has 0 saturated heterocycles. The minimum Gasteiger partial charge on any atom is -0.497 e. The zero-order valence-corrected chi connectivity index (χ0v) is 18.7. The lowest BCUT2D eigenvalue weighted by Crippen LogP contribution is -2.46. The Balaban J connectivity index is 2.04. The number of carbonyl (C=O) groups excluding carboxylic acids is 1. The van der Waals surface area contributed by atoms with Crippen molar-refractivity contribution in [1.29, 1.82) is 0 Å². The Hall–Kier alpha value is -3.48. The van der Waals surface area contributed by atoms with Gasteiger partial charge in [0.2, 0.25) is 0 Å². The van der Waals surface area contributed by atoms with Crippen molar-refractivity contribution >= 4 is 16.8 Å². The smallest absolute Gasteiger partial charge is 0.254 e. The number of benzene rings is 2. The van der Waals surface area contributed by atoms with Crippen LogP contribution in [0.15, 0.2) is 47.3 Å². The molecular weight excluding hydrogens is 396 g/mol. The standard InChI is InChI=1S/C24H28N2O5/c1-24(2,3)26(23(28)16-11-19(30-5)13-20(12-16)31-6)14-17-9-15-10-18(29-4)7-8-21(15)25-22(17)27/h7-13H,14H2,1-6H3,(H,25,27). The average molecular weight is 424 g/mol. The van der Waals surface area contributed by atoms with Gasteiger partial charge < -0.3 is 24.1 Å². The molecule has 0 radical (unpaired) electrons. The van der Waals surface area contributed by atoms with Crippen molar-refractivity contribution in [3.63, 3.8) is 0 Å². The third kappa shape index (κ3) is 4.82. The molecule has 1 heterocycles. The van der Waals surface area contributed by atoms with E-state index in [2.05, 4.69) is 4.98 Å². The number of rotatable bonds is 6. The largest absolute Gasteiger partial charge is 0.497 e. The van der Waals surface area contributed by atoms with Gasteiger partial charge in [0.1, 0.15) is 17.2 Å². The van der Waals surface area contributed by atoms with Crippen LogP contribution in [0.5, 0.6) is 17.2 Å². The van der Waals surface area contributed by atoms with Gasteiger partial charge in [-0.05, 0) is 57.2 Å². The lowest BCUT2D eigenvalue weighted by Gasteiger charge is -2.36. The normalized spacial score (nSPS) is 11.3. The highest BCUT2D eigenvalue weighted by Gasteiger charge is 2.29. The highest BCUT2D eigenvalue weighted by Crippen LogP contribution is 2.27. The number of amides is 1. The van der Waals surface area contributed by atoms with Crippen molar-refractivity contribution in [1.82, 2.24) is 9.88 Å². The first kappa shape index (κ1) is 22.2. The number of hydrogen-bond donors (Lipinski definition) is 1. The Kier molecular flexibility index (Phi) is 6.24. The van der Waals surface area contributed by atoms with Crippen LogP contribution in [0, 0.1) is 0 Å². The Labute approximate surface area is 181 Å². The van der Waals surface area contributed by atoms with E-state index in [1.54, 1.807) is 48.4 Å². The molecule has 0 aliphatic heterocycles. The molecule has 0 unspecified atom stereocenters. The van der Waals surface area contributed by atoms with Gasteiger partial charge in [-0.3, -0.25) is 9.59 Å². The second kappa shape index (κ2) is 8.71. The highest BCUT2D eigenvalue weighted by molar-refractivity contribution is 5.95. The fraction of sp³-hybridized carbons (Fsp3) is 0.333. The minimum absolute atomic E-state index is 0.143. The first-order chi connectivity index (χ1) is 14.7. The van der Waals surface area contributed by atoms with Gasteiger partial charge in [-0.2, -0.15) is 0 Å². The molecule has 0 saturated carbocycles. The molecule has 3 aromatic rings. The fourth-order valence-electron chi connectivity index (χ4n) is 3.35. The molecule has 0 fully saturated rings. The number of nitrogens with one attached hydrogen (secondary N) is 1. The minimum atomic E-state index is -0.539. The Morgan fingerprint density at radius 1 is 0.903 bits per heavy atom. The van der Waals surface area contributed by atoms with Crippen molar-refractivity contribution in [2.24, 2.45) is 0 Å². The number of aromatic nitrogens is 1. The number of H-pyrrole nitrogens is 1. The zero-order chi connectivity index (χ0) is 22.8. The van der Waals surface area contributed by atoms with Crippen LogP contribution in [0.25, 0.3) is 10.9 Å². The molecule has 1 aromatic heterocycles. The molecule has 31 heavy (non-hydrogen) atoms. The number of pyridine rings is 1. The highest BCUT2D eigenvalue weighted by atomic mass is 16.5. The summed E-state index contributed by atoms with van der Waals surface area (Å²) >= 11 is 0. The Bertz CT molecular complexity index is 1140. The van der Waals surface area contributed by atoms with Gasteiger partial charge in [0, 0.05) is 33.6 Å². The van der Waals surface area contributed by atoms with Crippen LogP contribution in [-0.4, -0.2) is 42.7 Å². The van der Waals surface area contributed by atoms with E-state index in [0.29, 0.717) is 33.9 Å². The first-order valence-corrected chi connectivity index (χ1v) is 9.91. The number of aromatic amines is 1. The van der Waals surface area contributed by atoms with Crippen LogP contribution < -0.4 is 19.8 Å². The van der Waals surface area contributed by atoms with Gasteiger partial charge in [0.15, 0.2) is 0 Å². The molecule has 7 nitrogen and oxygen atoms in total. The fourth-order valence-corrected chi connectivity index (χ4v) is 3.35. The van der Waals surface area contributed by atoms with E-state index < -0.39 is 5.54 Å². The number of fused-ring (bicyclic) bond motifs is 1. The molecule has 0 aliphatic rings. The van der Waals surface area contributed by atoms with E-state index in [1.165, 1.54) is 14.2 Å². The molecule has 0 bridgehead atoms. The molecule has 3 rings (SSSR count). The predicted octanol–water partition coefficient (Wildman–Crippen LogP) is 3.99. The summed E-state index contributed by atoms with van der Waals surface area (Å²) in [7, 11) is 4.66. The third-order valence-corrected chi connectivity index (χ3v) is 5.11. The van der Waals surface area contributed by atoms with E-state index >= 15 is 0 Å². The molecule has 0 atom stereocenters. The van der Waals surface area contributed by atoms with Gasteiger partial charge in [-0.15, -0.1) is 0 Å². The quantitative estimate of drug-likeness (QED) is 0.647. The first-order valence-electron chi connectivity index (χ1n) is 9.91. The van der Waals surface area contributed by atoms with Crippen LogP contribution in [0.3, 0.4) is 0 Å². The number of methoxy groups -OCH3 is 3. The third-order valence-electron chi connectivity index (χ3n) is 5.11. The lowest BCUT2D eigenvalue weighted by atomic mass is 10.0. The van der Waals surface area contributed by atoms with E-state index in [0.717, 1.165) is 5.39 Å². The van der Waals surface area contributed by atoms with Gasteiger partial charge in [0.25, 0.3) is 11.5 Å². The van der Waals surface area contributed by atoms with Crippen LogP contribution in [0.4, 0.5) is 0 Å². The summed E-state index contributed by atoms with van der Waals surface area (Å²) in [5.74, 6) is 1.51. The monoisotopic (exact) mass is 424 g/mol. The maximum absolute atomic E-state index is 13.5.